The van der Waals surface area contributed by atoms with Crippen LogP contribution in [0, 0.1) is 5.82 Å². The van der Waals surface area contributed by atoms with Gasteiger partial charge < -0.3 is 10.1 Å². The van der Waals surface area contributed by atoms with Crippen molar-refractivity contribution in [1.82, 2.24) is 10.7 Å². The zero-order chi connectivity index (χ0) is 18.9. The molecule has 0 aromatic heterocycles. The van der Waals surface area contributed by atoms with Gasteiger partial charge in [0, 0.05) is 0 Å². The van der Waals surface area contributed by atoms with Crippen LogP contribution in [0.25, 0.3) is 0 Å². The number of hydrogen-bond acceptors (Lipinski definition) is 4. The highest BCUT2D eigenvalue weighted by molar-refractivity contribution is 6.33. The van der Waals surface area contributed by atoms with Gasteiger partial charge >= 0.3 is 0 Å². The zero-order valence-electron chi connectivity index (χ0n) is 14.0. The van der Waals surface area contributed by atoms with Crippen LogP contribution in [-0.2, 0) is 4.79 Å². The predicted molar refractivity (Wildman–Crippen MR) is 97.1 cm³/mol. The van der Waals surface area contributed by atoms with Gasteiger partial charge in [-0.05, 0) is 48.9 Å². The van der Waals surface area contributed by atoms with E-state index >= 15 is 0 Å². The fraction of sp³-hybridized carbons (Fsp3) is 0.167. The summed E-state index contributed by atoms with van der Waals surface area (Å²) in [5.41, 5.74) is 2.72. The molecule has 0 atom stereocenters. The summed E-state index contributed by atoms with van der Waals surface area (Å²) in [5.74, 6) is -1.36. The van der Waals surface area contributed by atoms with Crippen LogP contribution in [0.15, 0.2) is 47.6 Å². The fourth-order valence-corrected chi connectivity index (χ4v) is 2.25. The lowest BCUT2D eigenvalue weighted by Crippen LogP contribution is -2.35. The minimum absolute atomic E-state index is 0.0311. The maximum Gasteiger partial charge on any atom is 0.259 e. The number of ether oxygens (including phenoxy) is 1. The third-order valence-corrected chi connectivity index (χ3v) is 3.51. The van der Waals surface area contributed by atoms with E-state index in [2.05, 4.69) is 15.8 Å². The first-order valence-corrected chi connectivity index (χ1v) is 8.16. The minimum Gasteiger partial charge on any atom is -0.494 e. The second-order valence-electron chi connectivity index (χ2n) is 5.07. The second kappa shape index (κ2) is 9.53. The molecule has 0 radical (unpaired) electrons. The molecule has 2 N–H and O–H groups in total. The Morgan fingerprint density at radius 2 is 1.96 bits per heavy atom. The highest BCUT2D eigenvalue weighted by Crippen LogP contribution is 2.18. The molecule has 0 fully saturated rings. The number of amides is 2. The zero-order valence-corrected chi connectivity index (χ0v) is 14.7. The van der Waals surface area contributed by atoms with E-state index in [-0.39, 0.29) is 17.1 Å². The van der Waals surface area contributed by atoms with E-state index in [0.29, 0.717) is 6.61 Å². The van der Waals surface area contributed by atoms with Crippen LogP contribution in [0.3, 0.4) is 0 Å². The Morgan fingerprint density at radius 1 is 1.23 bits per heavy atom. The maximum absolute atomic E-state index is 13.6. The lowest BCUT2D eigenvalue weighted by atomic mass is 10.2. The van der Waals surface area contributed by atoms with Crippen molar-refractivity contribution in [3.05, 3.63) is 64.4 Å². The van der Waals surface area contributed by atoms with Crippen LogP contribution in [0.5, 0.6) is 5.75 Å². The van der Waals surface area contributed by atoms with Gasteiger partial charge in [-0.1, -0.05) is 17.7 Å². The second-order valence-corrected chi connectivity index (χ2v) is 5.48. The Hall–Kier alpha value is -2.93. The van der Waals surface area contributed by atoms with Crippen molar-refractivity contribution in [1.29, 1.82) is 0 Å². The van der Waals surface area contributed by atoms with Gasteiger partial charge in [-0.3, -0.25) is 9.59 Å². The van der Waals surface area contributed by atoms with Crippen molar-refractivity contribution >= 4 is 29.6 Å². The van der Waals surface area contributed by atoms with Gasteiger partial charge in [0.1, 0.15) is 11.6 Å². The van der Waals surface area contributed by atoms with Gasteiger partial charge in [0.05, 0.1) is 30.0 Å². The smallest absolute Gasteiger partial charge is 0.259 e. The largest absolute Gasteiger partial charge is 0.494 e. The van der Waals surface area contributed by atoms with Gasteiger partial charge in [0.15, 0.2) is 0 Å². The first-order valence-electron chi connectivity index (χ1n) is 7.78. The molecule has 2 aromatic rings. The number of hydrazone groups is 1. The van der Waals surface area contributed by atoms with E-state index < -0.39 is 17.6 Å². The Labute approximate surface area is 155 Å². The van der Waals surface area contributed by atoms with Gasteiger partial charge in [-0.2, -0.15) is 5.10 Å². The number of halogens is 2. The van der Waals surface area contributed by atoms with Crippen LogP contribution in [-0.4, -0.2) is 31.2 Å². The molecule has 0 heterocycles. The SMILES string of the molecule is CCOc1ccc(/C=N\NC(=O)CNC(=O)c2c(F)cccc2Cl)cc1. The van der Waals surface area contributed by atoms with Crippen LogP contribution >= 0.6 is 11.6 Å². The molecule has 0 unspecified atom stereocenters. The molecule has 0 saturated carbocycles. The number of nitrogens with one attached hydrogen (secondary N) is 2. The van der Waals surface area contributed by atoms with Gasteiger partial charge in [-0.15, -0.1) is 0 Å². The molecule has 136 valence electrons. The molecule has 0 aliphatic heterocycles. The van der Waals surface area contributed by atoms with E-state index in [0.717, 1.165) is 17.4 Å². The predicted octanol–water partition coefficient (Wildman–Crippen LogP) is 2.76. The molecular formula is C18H17ClFN3O3. The monoisotopic (exact) mass is 377 g/mol. The minimum atomic E-state index is -0.779. The van der Waals surface area contributed by atoms with Crippen LogP contribution in [0.4, 0.5) is 4.39 Å². The average Bonchev–Trinajstić information content (AvgIpc) is 2.61. The number of nitrogens with zero attached hydrogens (tertiary/aromatic N) is 1. The van der Waals surface area contributed by atoms with E-state index in [1.165, 1.54) is 18.3 Å². The molecule has 0 saturated heterocycles. The van der Waals surface area contributed by atoms with Crippen molar-refractivity contribution < 1.29 is 18.7 Å². The van der Waals surface area contributed by atoms with E-state index in [1.807, 2.05) is 6.92 Å². The molecule has 26 heavy (non-hydrogen) atoms. The number of benzene rings is 2. The van der Waals surface area contributed by atoms with Crippen molar-refractivity contribution in [3.63, 3.8) is 0 Å². The first kappa shape index (κ1) is 19.4. The Bertz CT molecular complexity index is 790. The van der Waals surface area contributed by atoms with Crippen molar-refractivity contribution in [2.75, 3.05) is 13.2 Å². The van der Waals surface area contributed by atoms with Crippen molar-refractivity contribution in [2.45, 2.75) is 6.92 Å². The lowest BCUT2D eigenvalue weighted by Gasteiger charge is -2.06. The Balaban J connectivity index is 1.82. The number of rotatable bonds is 7. The highest BCUT2D eigenvalue weighted by Gasteiger charge is 2.16. The fourth-order valence-electron chi connectivity index (χ4n) is 2.00. The van der Waals surface area contributed by atoms with E-state index in [4.69, 9.17) is 16.3 Å². The van der Waals surface area contributed by atoms with E-state index in [1.54, 1.807) is 24.3 Å². The van der Waals surface area contributed by atoms with Gasteiger partial charge in [0.2, 0.25) is 0 Å². The summed E-state index contributed by atoms with van der Waals surface area (Å²) in [6.07, 6.45) is 1.45. The first-order chi connectivity index (χ1) is 12.5. The quantitative estimate of drug-likeness (QED) is 0.575. The summed E-state index contributed by atoms with van der Waals surface area (Å²) in [7, 11) is 0. The van der Waals surface area contributed by atoms with Crippen LogP contribution in [0.1, 0.15) is 22.8 Å². The molecule has 0 aliphatic carbocycles. The molecule has 6 nitrogen and oxygen atoms in total. The number of hydrogen-bond donors (Lipinski definition) is 2. The third kappa shape index (κ3) is 5.56. The standard InChI is InChI=1S/C18H17ClFN3O3/c1-2-26-13-8-6-12(7-9-13)10-22-23-16(24)11-21-18(25)17-14(19)4-3-5-15(17)20/h3-10H,2,11H2,1H3,(H,21,25)(H,23,24)/b22-10-. The van der Waals surface area contributed by atoms with E-state index in [9.17, 15) is 14.0 Å². The normalized spacial score (nSPS) is 10.6. The number of carbonyl (C=O) groups is 2. The molecule has 2 amide bonds. The van der Waals surface area contributed by atoms with Crippen LogP contribution in [0.2, 0.25) is 5.02 Å². The average molecular weight is 378 g/mol. The topological polar surface area (TPSA) is 79.8 Å². The van der Waals surface area contributed by atoms with Crippen molar-refractivity contribution in [3.8, 4) is 5.75 Å². The third-order valence-electron chi connectivity index (χ3n) is 3.19. The summed E-state index contributed by atoms with van der Waals surface area (Å²) in [5, 5.41) is 6.04. The highest BCUT2D eigenvalue weighted by atomic mass is 35.5. The number of carbonyl (C=O) groups excluding carboxylic acids is 2. The van der Waals surface area contributed by atoms with Crippen LogP contribution < -0.4 is 15.5 Å². The molecule has 0 spiro atoms. The van der Waals surface area contributed by atoms with Crippen molar-refractivity contribution in [2.24, 2.45) is 5.10 Å². The molecular weight excluding hydrogens is 361 g/mol. The molecule has 0 bridgehead atoms. The lowest BCUT2D eigenvalue weighted by molar-refractivity contribution is -0.120. The summed E-state index contributed by atoms with van der Waals surface area (Å²) < 4.78 is 18.9. The summed E-state index contributed by atoms with van der Waals surface area (Å²) >= 11 is 5.79. The molecule has 2 aromatic carbocycles. The summed E-state index contributed by atoms with van der Waals surface area (Å²) in [4.78, 5) is 23.6. The molecule has 2 rings (SSSR count). The Morgan fingerprint density at radius 3 is 2.62 bits per heavy atom. The van der Waals surface area contributed by atoms with Gasteiger partial charge in [-0.25, -0.2) is 9.82 Å². The van der Waals surface area contributed by atoms with Gasteiger partial charge in [0.25, 0.3) is 11.8 Å². The maximum atomic E-state index is 13.6. The molecule has 8 heteroatoms. The summed E-state index contributed by atoms with van der Waals surface area (Å²) in [6.45, 7) is 2.10. The summed E-state index contributed by atoms with van der Waals surface area (Å²) in [6, 6.07) is 11.0. The Kier molecular flexibility index (Phi) is 7.11. The molecule has 0 aliphatic rings.